The predicted octanol–water partition coefficient (Wildman–Crippen LogP) is 4.74. The van der Waals surface area contributed by atoms with Crippen molar-refractivity contribution in [3.63, 3.8) is 0 Å². The molecule has 0 unspecified atom stereocenters. The number of methoxy groups -OCH3 is 1. The Balaban J connectivity index is 1.62. The normalized spacial score (nSPS) is 12.2. The number of halogens is 4. The van der Waals surface area contributed by atoms with Crippen LogP contribution in [0.4, 0.5) is 13.2 Å². The molecule has 3 aromatic rings. The third-order valence-electron chi connectivity index (χ3n) is 4.55. The van der Waals surface area contributed by atoms with Crippen LogP contribution in [0.5, 0.6) is 11.5 Å². The van der Waals surface area contributed by atoms with Crippen LogP contribution in [0.1, 0.15) is 16.7 Å². The van der Waals surface area contributed by atoms with Crippen molar-refractivity contribution in [3.8, 4) is 11.5 Å². The molecule has 0 bridgehead atoms. The summed E-state index contributed by atoms with van der Waals surface area (Å²) >= 11 is 6.10. The Labute approximate surface area is 204 Å². The summed E-state index contributed by atoms with van der Waals surface area (Å²) in [6.45, 7) is 0. The van der Waals surface area contributed by atoms with Crippen LogP contribution in [0.15, 0.2) is 82.8 Å². The highest BCUT2D eigenvalue weighted by atomic mass is 35.5. The quantitative estimate of drug-likeness (QED) is 0.260. The molecule has 184 valence electrons. The number of nitrogens with zero attached hydrogens (tertiary/aromatic N) is 1. The number of rotatable bonds is 8. The highest BCUT2D eigenvalue weighted by molar-refractivity contribution is 7.87. The molecule has 0 radical (unpaired) electrons. The maximum atomic E-state index is 12.7. The molecule has 12 heteroatoms. The summed E-state index contributed by atoms with van der Waals surface area (Å²) in [4.78, 5) is 11.7. The van der Waals surface area contributed by atoms with Gasteiger partial charge in [0.05, 0.1) is 19.1 Å². The molecule has 0 saturated carbocycles. The van der Waals surface area contributed by atoms with Crippen LogP contribution in [0, 0.1) is 0 Å². The maximum absolute atomic E-state index is 12.7. The van der Waals surface area contributed by atoms with Crippen LogP contribution in [-0.4, -0.2) is 26.6 Å². The van der Waals surface area contributed by atoms with Crippen LogP contribution < -0.4 is 14.3 Å². The molecule has 0 saturated heterocycles. The van der Waals surface area contributed by atoms with E-state index in [9.17, 15) is 26.4 Å². The van der Waals surface area contributed by atoms with Gasteiger partial charge in [-0.1, -0.05) is 23.7 Å². The van der Waals surface area contributed by atoms with Gasteiger partial charge in [-0.3, -0.25) is 4.79 Å². The molecular weight excluding hydrogens is 509 g/mol. The third-order valence-corrected chi connectivity index (χ3v) is 6.11. The molecule has 0 aliphatic heterocycles. The lowest BCUT2D eigenvalue weighted by molar-refractivity contribution is -0.137. The third kappa shape index (κ3) is 7.20. The van der Waals surface area contributed by atoms with Gasteiger partial charge in [0.2, 0.25) is 5.91 Å². The van der Waals surface area contributed by atoms with E-state index in [0.29, 0.717) is 29.0 Å². The number of alkyl halides is 3. The van der Waals surface area contributed by atoms with Gasteiger partial charge in [0.25, 0.3) is 0 Å². The summed E-state index contributed by atoms with van der Waals surface area (Å²) in [5, 5.41) is 3.74. The summed E-state index contributed by atoms with van der Waals surface area (Å²) in [5.74, 6) is 0.0960. The average molecular weight is 527 g/mol. The molecular formula is C23H18ClF3N2O5S. The molecule has 0 aliphatic rings. The Morgan fingerprint density at radius 3 is 2.26 bits per heavy atom. The Bertz CT molecular complexity index is 1330. The smallest absolute Gasteiger partial charge is 0.416 e. The maximum Gasteiger partial charge on any atom is 0.416 e. The number of amides is 1. The summed E-state index contributed by atoms with van der Waals surface area (Å²) < 4.78 is 72.7. The van der Waals surface area contributed by atoms with Crippen LogP contribution in [0.2, 0.25) is 0 Å². The van der Waals surface area contributed by atoms with Gasteiger partial charge < -0.3 is 8.92 Å². The zero-order valence-electron chi connectivity index (χ0n) is 18.0. The number of benzene rings is 3. The Hall–Kier alpha value is -3.57. The molecule has 1 amide bonds. The lowest BCUT2D eigenvalue weighted by atomic mass is 10.1. The van der Waals surface area contributed by atoms with Crippen molar-refractivity contribution in [2.75, 3.05) is 7.11 Å². The minimum atomic E-state index is -4.59. The van der Waals surface area contributed by atoms with Crippen molar-refractivity contribution in [1.29, 1.82) is 0 Å². The number of carbonyl (C=O) groups is 1. The summed E-state index contributed by atoms with van der Waals surface area (Å²) in [6.07, 6.45) is -4.55. The Morgan fingerprint density at radius 1 is 1.00 bits per heavy atom. The van der Waals surface area contributed by atoms with Crippen molar-refractivity contribution in [2.45, 2.75) is 17.5 Å². The van der Waals surface area contributed by atoms with Gasteiger partial charge in [-0.05, 0) is 66.2 Å². The minimum absolute atomic E-state index is 0.0411. The topological polar surface area (TPSA) is 94.1 Å². The molecule has 0 atom stereocenters. The molecule has 7 nitrogen and oxygen atoms in total. The number of carbonyl (C=O) groups excluding carboxylic acids is 1. The van der Waals surface area contributed by atoms with Crippen LogP contribution in [0.25, 0.3) is 0 Å². The molecule has 0 fully saturated rings. The summed E-state index contributed by atoms with van der Waals surface area (Å²) in [5.41, 5.74) is 2.41. The standard InChI is InChI=1S/C23H18ClF3N2O5S/c1-33-19-4-2-3-15(13-19)14-21(30)28-29-22(24)16-5-9-18(10-6-16)34-35(31,32)20-11-7-17(8-12-20)23(25,26)27/h2-13H,14H2,1H3,(H,28,30)/b29-22+. The van der Waals surface area contributed by atoms with E-state index in [4.69, 9.17) is 20.5 Å². The van der Waals surface area contributed by atoms with E-state index in [1.807, 2.05) is 0 Å². The molecule has 3 aromatic carbocycles. The molecule has 0 aliphatic carbocycles. The second kappa shape index (κ2) is 10.8. The van der Waals surface area contributed by atoms with E-state index < -0.39 is 32.7 Å². The lowest BCUT2D eigenvalue weighted by Crippen LogP contribution is -2.20. The molecule has 35 heavy (non-hydrogen) atoms. The van der Waals surface area contributed by atoms with Crippen molar-refractivity contribution in [2.24, 2.45) is 5.10 Å². The summed E-state index contributed by atoms with van der Waals surface area (Å²) in [6, 6.07) is 15.3. The average Bonchev–Trinajstić information content (AvgIpc) is 2.82. The highest BCUT2D eigenvalue weighted by Gasteiger charge is 2.30. The van der Waals surface area contributed by atoms with Crippen molar-refractivity contribution < 1.29 is 35.3 Å². The van der Waals surface area contributed by atoms with E-state index in [1.165, 1.54) is 31.4 Å². The van der Waals surface area contributed by atoms with E-state index in [1.54, 1.807) is 24.3 Å². The van der Waals surface area contributed by atoms with Gasteiger partial charge in [-0.2, -0.15) is 26.7 Å². The van der Waals surface area contributed by atoms with E-state index >= 15 is 0 Å². The van der Waals surface area contributed by atoms with Gasteiger partial charge >= 0.3 is 16.3 Å². The fourth-order valence-electron chi connectivity index (χ4n) is 2.82. The SMILES string of the molecule is COc1cccc(CC(=O)N/N=C(/Cl)c2ccc(OS(=O)(=O)c3ccc(C(F)(F)F)cc3)cc2)c1. The molecule has 0 spiro atoms. The second-order valence-electron chi connectivity index (χ2n) is 7.05. The first-order valence-corrected chi connectivity index (χ1v) is 11.6. The zero-order chi connectivity index (χ0) is 25.6. The van der Waals surface area contributed by atoms with Crippen LogP contribution in [0.3, 0.4) is 0 Å². The van der Waals surface area contributed by atoms with Crippen molar-refractivity contribution >= 4 is 32.8 Å². The molecule has 1 N–H and O–H groups in total. The van der Waals surface area contributed by atoms with Gasteiger partial charge in [-0.25, -0.2) is 5.43 Å². The number of ether oxygens (including phenoxy) is 1. The fourth-order valence-corrected chi connectivity index (χ4v) is 3.92. The van der Waals surface area contributed by atoms with Gasteiger partial charge in [0, 0.05) is 5.56 Å². The number of hydrogen-bond donors (Lipinski definition) is 1. The van der Waals surface area contributed by atoms with Crippen molar-refractivity contribution in [3.05, 3.63) is 89.5 Å². The van der Waals surface area contributed by atoms with Crippen molar-refractivity contribution in [1.82, 2.24) is 5.43 Å². The molecule has 0 aromatic heterocycles. The first-order valence-electron chi connectivity index (χ1n) is 9.85. The van der Waals surface area contributed by atoms with Crippen LogP contribution >= 0.6 is 11.6 Å². The van der Waals surface area contributed by atoms with Gasteiger partial charge in [-0.15, -0.1) is 0 Å². The first-order chi connectivity index (χ1) is 16.5. The second-order valence-corrected chi connectivity index (χ2v) is 8.95. The highest BCUT2D eigenvalue weighted by Crippen LogP contribution is 2.30. The zero-order valence-corrected chi connectivity index (χ0v) is 19.6. The van der Waals surface area contributed by atoms with Crippen LogP contribution in [-0.2, 0) is 27.5 Å². The van der Waals surface area contributed by atoms with E-state index in [-0.39, 0.29) is 17.3 Å². The first kappa shape index (κ1) is 26.0. The largest absolute Gasteiger partial charge is 0.497 e. The number of hydrazone groups is 1. The lowest BCUT2D eigenvalue weighted by Gasteiger charge is -2.10. The Morgan fingerprint density at radius 2 is 1.66 bits per heavy atom. The predicted molar refractivity (Wildman–Crippen MR) is 123 cm³/mol. The van der Waals surface area contributed by atoms with E-state index in [2.05, 4.69) is 10.5 Å². The Kier molecular flexibility index (Phi) is 8.03. The fraction of sp³-hybridized carbons (Fsp3) is 0.130. The monoisotopic (exact) mass is 526 g/mol. The van der Waals surface area contributed by atoms with Gasteiger partial charge in [0.15, 0.2) is 5.17 Å². The molecule has 3 rings (SSSR count). The summed E-state index contributed by atoms with van der Waals surface area (Å²) in [7, 11) is -2.84. The minimum Gasteiger partial charge on any atom is -0.497 e. The number of nitrogens with one attached hydrogen (secondary N) is 1. The van der Waals surface area contributed by atoms with Gasteiger partial charge in [0.1, 0.15) is 16.4 Å². The number of hydrogen-bond acceptors (Lipinski definition) is 6. The van der Waals surface area contributed by atoms with E-state index in [0.717, 1.165) is 12.1 Å². The molecule has 0 heterocycles.